The maximum atomic E-state index is 11.4. The van der Waals surface area contributed by atoms with E-state index < -0.39 is 17.7 Å². The molecule has 0 heterocycles. The molecule has 0 radical (unpaired) electrons. The number of Topliss-reactive ketones (excluding diaryl/α,β-unsaturated/α-hetero) is 2. The number of hydrogen-bond acceptors (Lipinski definition) is 6. The number of carbonyl (C=O) groups excluding carboxylic acids is 4. The molecule has 0 aliphatic heterocycles. The minimum Gasteiger partial charge on any atom is -0.542 e. The van der Waals surface area contributed by atoms with Crippen LogP contribution in [0.4, 0.5) is 0 Å². The van der Waals surface area contributed by atoms with Crippen LogP contribution in [0.25, 0.3) is 0 Å². The van der Waals surface area contributed by atoms with Gasteiger partial charge in [-0.3, -0.25) is 9.59 Å². The molecule has 0 spiro atoms. The summed E-state index contributed by atoms with van der Waals surface area (Å²) in [6, 6.07) is 0. The van der Waals surface area contributed by atoms with Crippen molar-refractivity contribution < 1.29 is 58.6 Å². The van der Waals surface area contributed by atoms with Gasteiger partial charge in [0, 0.05) is 11.8 Å². The molecule has 2 fully saturated rings. The van der Waals surface area contributed by atoms with E-state index >= 15 is 0 Å². The van der Waals surface area contributed by atoms with Crippen molar-refractivity contribution in [3.05, 3.63) is 0 Å². The zero-order chi connectivity index (χ0) is 17.9. The van der Waals surface area contributed by atoms with E-state index in [9.17, 15) is 24.3 Å². The predicted molar refractivity (Wildman–Crippen MR) is 84.8 cm³/mol. The SMILES string of the molecule is CCOC(=O)C(=O)C1CCCCC1.O=C([O-])C(=O)C1CCCCC1.[Na+]. The van der Waals surface area contributed by atoms with Crippen LogP contribution < -0.4 is 34.7 Å². The third-order valence-electron chi connectivity index (χ3n) is 4.63. The molecule has 25 heavy (non-hydrogen) atoms. The number of hydrogen-bond donors (Lipinski definition) is 0. The van der Waals surface area contributed by atoms with Gasteiger partial charge in [0.2, 0.25) is 5.78 Å². The van der Waals surface area contributed by atoms with Gasteiger partial charge in [0.1, 0.15) is 5.97 Å². The number of aliphatic carboxylic acids is 1. The Morgan fingerprint density at radius 2 is 1.20 bits per heavy atom. The summed E-state index contributed by atoms with van der Waals surface area (Å²) in [5.74, 6) is -3.50. The number of rotatable bonds is 5. The molecule has 2 saturated carbocycles. The van der Waals surface area contributed by atoms with Gasteiger partial charge in [-0.05, 0) is 32.6 Å². The number of ketones is 2. The zero-order valence-corrected chi connectivity index (χ0v) is 17.4. The first kappa shape index (κ1) is 24.3. The zero-order valence-electron chi connectivity index (χ0n) is 15.4. The number of carboxylic acid groups (broad SMARTS) is 1. The molecule has 0 aromatic heterocycles. The van der Waals surface area contributed by atoms with Gasteiger partial charge in [-0.2, -0.15) is 0 Å². The Labute approximate surface area is 171 Å². The van der Waals surface area contributed by atoms with Crippen molar-refractivity contribution in [2.75, 3.05) is 6.61 Å². The molecule has 0 unspecified atom stereocenters. The quantitative estimate of drug-likeness (QED) is 0.338. The smallest absolute Gasteiger partial charge is 0.542 e. The van der Waals surface area contributed by atoms with Gasteiger partial charge in [0.25, 0.3) is 0 Å². The van der Waals surface area contributed by atoms with Crippen molar-refractivity contribution in [3.8, 4) is 0 Å². The standard InChI is InChI=1S/C10H16O3.C8H12O3.Na/c1-2-13-10(12)9(11)8-6-4-3-5-7-8;9-7(8(10)11)6-4-2-1-3-5-6;/h8H,2-7H2,1H3;6H,1-5H2,(H,10,11);/q;;+1/p-1. The maximum absolute atomic E-state index is 11.4. The van der Waals surface area contributed by atoms with Gasteiger partial charge in [0.15, 0.2) is 5.78 Å². The molecule has 0 aromatic rings. The normalized spacial score (nSPS) is 18.1. The van der Waals surface area contributed by atoms with Gasteiger partial charge in [-0.15, -0.1) is 0 Å². The summed E-state index contributed by atoms with van der Waals surface area (Å²) in [7, 11) is 0. The van der Waals surface area contributed by atoms with Crippen molar-refractivity contribution >= 4 is 23.5 Å². The monoisotopic (exact) mass is 362 g/mol. The number of esters is 1. The van der Waals surface area contributed by atoms with E-state index in [2.05, 4.69) is 4.74 Å². The van der Waals surface area contributed by atoms with Crippen LogP contribution in [0.2, 0.25) is 0 Å². The second-order valence-electron chi connectivity index (χ2n) is 6.41. The maximum Gasteiger partial charge on any atom is 1.00 e. The van der Waals surface area contributed by atoms with Crippen LogP contribution in [0, 0.1) is 11.8 Å². The second kappa shape index (κ2) is 13.5. The van der Waals surface area contributed by atoms with Crippen LogP contribution in [-0.4, -0.2) is 30.1 Å². The van der Waals surface area contributed by atoms with E-state index in [1.54, 1.807) is 6.92 Å². The summed E-state index contributed by atoms with van der Waals surface area (Å²) >= 11 is 0. The Kier molecular flexibility index (Phi) is 13.1. The molecule has 0 saturated heterocycles. The first-order valence-corrected chi connectivity index (χ1v) is 8.93. The molecule has 2 aliphatic carbocycles. The third-order valence-corrected chi connectivity index (χ3v) is 4.63. The van der Waals surface area contributed by atoms with Crippen molar-refractivity contribution in [3.63, 3.8) is 0 Å². The Bertz CT molecular complexity index is 450. The molecule has 136 valence electrons. The summed E-state index contributed by atoms with van der Waals surface area (Å²) in [6.45, 7) is 2.00. The van der Waals surface area contributed by atoms with Crippen LogP contribution in [0.1, 0.15) is 71.1 Å². The van der Waals surface area contributed by atoms with E-state index in [4.69, 9.17) is 0 Å². The fraction of sp³-hybridized carbons (Fsp3) is 0.778. The second-order valence-corrected chi connectivity index (χ2v) is 6.41. The molecule has 6 nitrogen and oxygen atoms in total. The van der Waals surface area contributed by atoms with Crippen molar-refractivity contribution in [2.45, 2.75) is 71.1 Å². The van der Waals surface area contributed by atoms with E-state index in [0.717, 1.165) is 57.8 Å². The third kappa shape index (κ3) is 8.97. The average molecular weight is 362 g/mol. The minimum absolute atomic E-state index is 0. The summed E-state index contributed by atoms with van der Waals surface area (Å²) in [4.78, 5) is 43.5. The number of ether oxygens (including phenoxy) is 1. The van der Waals surface area contributed by atoms with E-state index in [1.807, 2.05) is 0 Å². The van der Waals surface area contributed by atoms with Gasteiger partial charge in [-0.1, -0.05) is 38.5 Å². The molecule has 0 aromatic carbocycles. The molecular weight excluding hydrogens is 335 g/mol. The first-order valence-electron chi connectivity index (χ1n) is 8.93. The van der Waals surface area contributed by atoms with Crippen molar-refractivity contribution in [1.29, 1.82) is 0 Å². The van der Waals surface area contributed by atoms with Crippen molar-refractivity contribution in [1.82, 2.24) is 0 Å². The summed E-state index contributed by atoms with van der Waals surface area (Å²) in [6.07, 6.45) is 9.57. The predicted octanol–water partition coefficient (Wildman–Crippen LogP) is -1.41. The van der Waals surface area contributed by atoms with Crippen molar-refractivity contribution in [2.24, 2.45) is 11.8 Å². The van der Waals surface area contributed by atoms with Crippen LogP contribution in [0.5, 0.6) is 0 Å². The summed E-state index contributed by atoms with van der Waals surface area (Å²) in [5, 5.41) is 10.1. The molecule has 0 amide bonds. The molecule has 0 bridgehead atoms. The molecule has 2 rings (SSSR count). The topological polar surface area (TPSA) is 101 Å². The fourth-order valence-corrected chi connectivity index (χ4v) is 3.27. The molecular formula is C18H27NaO6. The summed E-state index contributed by atoms with van der Waals surface area (Å²) in [5.41, 5.74) is 0. The Balaban J connectivity index is 0.000000449. The van der Waals surface area contributed by atoms with E-state index in [1.165, 1.54) is 6.42 Å². The van der Waals surface area contributed by atoms with Crippen LogP contribution in [0.15, 0.2) is 0 Å². The molecule has 0 N–H and O–H groups in total. The Morgan fingerprint density at radius 1 is 0.800 bits per heavy atom. The van der Waals surface area contributed by atoms with Gasteiger partial charge in [0.05, 0.1) is 6.61 Å². The summed E-state index contributed by atoms with van der Waals surface area (Å²) < 4.78 is 4.67. The number of carboxylic acids is 1. The molecule has 7 heteroatoms. The van der Waals surface area contributed by atoms with E-state index in [-0.39, 0.29) is 53.8 Å². The number of carbonyl (C=O) groups is 4. The Morgan fingerprint density at radius 3 is 1.56 bits per heavy atom. The molecule has 0 atom stereocenters. The average Bonchev–Trinajstić information content (AvgIpc) is 2.62. The Hall–Kier alpha value is -0.720. The largest absolute Gasteiger partial charge is 1.00 e. The fourth-order valence-electron chi connectivity index (χ4n) is 3.27. The molecule has 2 aliphatic rings. The first-order chi connectivity index (χ1) is 11.5. The van der Waals surface area contributed by atoms with E-state index in [0.29, 0.717) is 0 Å². The van der Waals surface area contributed by atoms with Gasteiger partial charge >= 0.3 is 35.5 Å². The van der Waals surface area contributed by atoms with Crippen LogP contribution in [0.3, 0.4) is 0 Å². The van der Waals surface area contributed by atoms with Crippen LogP contribution in [-0.2, 0) is 23.9 Å². The minimum atomic E-state index is -1.52. The van der Waals surface area contributed by atoms with Gasteiger partial charge in [-0.25, -0.2) is 4.79 Å². The van der Waals surface area contributed by atoms with Crippen LogP contribution >= 0.6 is 0 Å². The van der Waals surface area contributed by atoms with Gasteiger partial charge < -0.3 is 14.6 Å².